The van der Waals surface area contributed by atoms with Gasteiger partial charge in [0.1, 0.15) is 0 Å². The summed E-state index contributed by atoms with van der Waals surface area (Å²) in [5.74, 6) is -0.0923. The molecule has 0 saturated heterocycles. The largest absolute Gasteiger partial charge is 0.466 e. The molecule has 0 aliphatic rings. The van der Waals surface area contributed by atoms with Gasteiger partial charge in [0.25, 0.3) is 0 Å². The zero-order valence-electron chi connectivity index (χ0n) is 9.88. The highest BCUT2D eigenvalue weighted by atomic mass is 16.5. The summed E-state index contributed by atoms with van der Waals surface area (Å²) in [6.07, 6.45) is 2.77. The van der Waals surface area contributed by atoms with Crippen LogP contribution in [0.5, 0.6) is 0 Å². The van der Waals surface area contributed by atoms with Crippen LogP contribution in [0.25, 0.3) is 0 Å². The molecule has 3 heteroatoms. The van der Waals surface area contributed by atoms with Crippen LogP contribution >= 0.6 is 0 Å². The maximum atomic E-state index is 11.1. The second kappa shape index (κ2) is 7.80. The third-order valence-electron chi connectivity index (χ3n) is 2.54. The summed E-state index contributed by atoms with van der Waals surface area (Å²) in [4.78, 5) is 13.3. The van der Waals surface area contributed by atoms with E-state index >= 15 is 0 Å². The Bertz CT molecular complexity index is 155. The average Bonchev–Trinajstić information content (AvgIpc) is 2.17. The van der Waals surface area contributed by atoms with Gasteiger partial charge in [0, 0.05) is 12.6 Å². The first-order valence-corrected chi connectivity index (χ1v) is 5.51. The van der Waals surface area contributed by atoms with Gasteiger partial charge < -0.3 is 9.64 Å². The van der Waals surface area contributed by atoms with Gasteiger partial charge in [-0.3, -0.25) is 4.79 Å². The fraction of sp³-hybridized carbons (Fsp3) is 0.909. The first-order chi connectivity index (χ1) is 6.65. The Labute approximate surface area is 87.4 Å². The number of ether oxygens (including phenoxy) is 1. The molecule has 84 valence electrons. The summed E-state index contributed by atoms with van der Waals surface area (Å²) < 4.78 is 4.87. The highest BCUT2D eigenvalue weighted by Gasteiger charge is 2.11. The molecule has 0 aromatic heterocycles. The van der Waals surface area contributed by atoms with E-state index in [2.05, 4.69) is 25.8 Å². The molecule has 0 bridgehead atoms. The van der Waals surface area contributed by atoms with Crippen molar-refractivity contribution in [3.05, 3.63) is 0 Å². The number of carbonyl (C=O) groups excluding carboxylic acids is 1. The number of carbonyl (C=O) groups is 1. The number of rotatable bonds is 7. The summed E-state index contributed by atoms with van der Waals surface area (Å²) in [6, 6.07) is 0.587. The van der Waals surface area contributed by atoms with Crippen molar-refractivity contribution in [2.24, 2.45) is 0 Å². The molecule has 0 aliphatic carbocycles. The van der Waals surface area contributed by atoms with E-state index in [1.165, 1.54) is 0 Å². The molecule has 0 aromatic carbocycles. The Morgan fingerprint density at radius 3 is 2.29 bits per heavy atom. The fourth-order valence-electron chi connectivity index (χ4n) is 1.60. The Hall–Kier alpha value is -0.570. The molecule has 3 nitrogen and oxygen atoms in total. The van der Waals surface area contributed by atoms with E-state index in [4.69, 9.17) is 4.74 Å². The minimum atomic E-state index is -0.0923. The van der Waals surface area contributed by atoms with Gasteiger partial charge in [0.05, 0.1) is 13.0 Å². The van der Waals surface area contributed by atoms with E-state index in [1.807, 2.05) is 6.92 Å². The van der Waals surface area contributed by atoms with Crippen molar-refractivity contribution in [2.75, 3.05) is 20.2 Å². The molecule has 0 N–H and O–H groups in total. The zero-order valence-corrected chi connectivity index (χ0v) is 9.88. The molecule has 0 rings (SSSR count). The molecule has 14 heavy (non-hydrogen) atoms. The molecule has 0 aromatic rings. The van der Waals surface area contributed by atoms with Crippen molar-refractivity contribution in [1.29, 1.82) is 0 Å². The predicted molar refractivity (Wildman–Crippen MR) is 58.3 cm³/mol. The lowest BCUT2D eigenvalue weighted by Gasteiger charge is -2.25. The van der Waals surface area contributed by atoms with E-state index < -0.39 is 0 Å². The van der Waals surface area contributed by atoms with E-state index in [0.717, 1.165) is 19.4 Å². The maximum absolute atomic E-state index is 11.1. The SMILES string of the molecule is CCOC(=O)CCN(C)C(CC)CC. The molecule has 0 radical (unpaired) electrons. The van der Waals surface area contributed by atoms with Gasteiger partial charge in [-0.15, -0.1) is 0 Å². The Balaban J connectivity index is 3.71. The maximum Gasteiger partial charge on any atom is 0.307 e. The highest BCUT2D eigenvalue weighted by Crippen LogP contribution is 2.06. The van der Waals surface area contributed by atoms with Crippen molar-refractivity contribution in [3.63, 3.8) is 0 Å². The standard InChI is InChI=1S/C11H23NO2/c1-5-10(6-2)12(4)9-8-11(13)14-7-3/h10H,5-9H2,1-4H3. The van der Waals surface area contributed by atoms with Crippen molar-refractivity contribution >= 4 is 5.97 Å². The van der Waals surface area contributed by atoms with Gasteiger partial charge in [-0.05, 0) is 26.8 Å². The number of hydrogen-bond acceptors (Lipinski definition) is 3. The van der Waals surface area contributed by atoms with Crippen LogP contribution in [0.4, 0.5) is 0 Å². The minimum Gasteiger partial charge on any atom is -0.466 e. The molecular weight excluding hydrogens is 178 g/mol. The van der Waals surface area contributed by atoms with Crippen LogP contribution in [-0.2, 0) is 9.53 Å². The lowest BCUT2D eigenvalue weighted by atomic mass is 10.1. The van der Waals surface area contributed by atoms with Gasteiger partial charge in [-0.25, -0.2) is 0 Å². The molecule has 0 aliphatic heterocycles. The van der Waals surface area contributed by atoms with E-state index in [0.29, 0.717) is 19.1 Å². The van der Waals surface area contributed by atoms with Gasteiger partial charge in [-0.1, -0.05) is 13.8 Å². The van der Waals surface area contributed by atoms with Gasteiger partial charge in [-0.2, -0.15) is 0 Å². The monoisotopic (exact) mass is 201 g/mol. The van der Waals surface area contributed by atoms with Crippen LogP contribution in [0.1, 0.15) is 40.0 Å². The Morgan fingerprint density at radius 1 is 1.29 bits per heavy atom. The lowest BCUT2D eigenvalue weighted by molar-refractivity contribution is -0.143. The molecule has 0 unspecified atom stereocenters. The summed E-state index contributed by atoms with van der Waals surface area (Å²) in [7, 11) is 2.07. The smallest absolute Gasteiger partial charge is 0.307 e. The predicted octanol–water partition coefficient (Wildman–Crippen LogP) is 2.06. The second-order valence-electron chi connectivity index (χ2n) is 3.51. The fourth-order valence-corrected chi connectivity index (χ4v) is 1.60. The molecule has 0 saturated carbocycles. The third kappa shape index (κ3) is 5.22. The van der Waals surface area contributed by atoms with Crippen LogP contribution in [-0.4, -0.2) is 37.1 Å². The van der Waals surface area contributed by atoms with Crippen molar-refractivity contribution in [3.8, 4) is 0 Å². The van der Waals surface area contributed by atoms with Crippen LogP contribution in [0, 0.1) is 0 Å². The van der Waals surface area contributed by atoms with Crippen LogP contribution in [0.3, 0.4) is 0 Å². The van der Waals surface area contributed by atoms with Crippen molar-refractivity contribution in [1.82, 2.24) is 4.90 Å². The van der Waals surface area contributed by atoms with Crippen molar-refractivity contribution in [2.45, 2.75) is 46.1 Å². The molecule has 0 heterocycles. The molecule has 0 spiro atoms. The van der Waals surface area contributed by atoms with Crippen LogP contribution in [0.15, 0.2) is 0 Å². The second-order valence-corrected chi connectivity index (χ2v) is 3.51. The molecular formula is C11H23NO2. The summed E-state index contributed by atoms with van der Waals surface area (Å²) >= 11 is 0. The number of nitrogens with zero attached hydrogens (tertiary/aromatic N) is 1. The van der Waals surface area contributed by atoms with Crippen molar-refractivity contribution < 1.29 is 9.53 Å². The van der Waals surface area contributed by atoms with E-state index in [9.17, 15) is 4.79 Å². The van der Waals surface area contributed by atoms with Gasteiger partial charge in [0.2, 0.25) is 0 Å². The normalized spacial score (nSPS) is 11.0. The molecule has 0 atom stereocenters. The van der Waals surface area contributed by atoms with Gasteiger partial charge >= 0.3 is 5.97 Å². The molecule has 0 fully saturated rings. The summed E-state index contributed by atoms with van der Waals surface area (Å²) in [5, 5.41) is 0. The van der Waals surface area contributed by atoms with Crippen LogP contribution < -0.4 is 0 Å². The Morgan fingerprint density at radius 2 is 1.86 bits per heavy atom. The molecule has 0 amide bonds. The van der Waals surface area contributed by atoms with Gasteiger partial charge in [0.15, 0.2) is 0 Å². The quantitative estimate of drug-likeness (QED) is 0.590. The first kappa shape index (κ1) is 13.4. The third-order valence-corrected chi connectivity index (χ3v) is 2.54. The van der Waals surface area contributed by atoms with E-state index in [1.54, 1.807) is 0 Å². The lowest BCUT2D eigenvalue weighted by Crippen LogP contribution is -2.32. The number of esters is 1. The topological polar surface area (TPSA) is 29.5 Å². The Kier molecular flexibility index (Phi) is 7.48. The van der Waals surface area contributed by atoms with E-state index in [-0.39, 0.29) is 5.97 Å². The zero-order chi connectivity index (χ0) is 11.0. The van der Waals surface area contributed by atoms with Crippen LogP contribution in [0.2, 0.25) is 0 Å². The average molecular weight is 201 g/mol. The number of hydrogen-bond donors (Lipinski definition) is 0. The summed E-state index contributed by atoms with van der Waals surface area (Å²) in [5.41, 5.74) is 0. The minimum absolute atomic E-state index is 0.0923. The first-order valence-electron chi connectivity index (χ1n) is 5.51. The highest BCUT2D eigenvalue weighted by molar-refractivity contribution is 5.69. The summed E-state index contributed by atoms with van der Waals surface area (Å²) in [6.45, 7) is 7.46.